The Labute approximate surface area is 86.5 Å². The minimum Gasteiger partial charge on any atom is -0.484 e. The summed E-state index contributed by atoms with van der Waals surface area (Å²) in [7, 11) is 0. The third-order valence-corrected chi connectivity index (χ3v) is 2.46. The summed E-state index contributed by atoms with van der Waals surface area (Å²) in [5.41, 5.74) is -0.447. The van der Waals surface area contributed by atoms with Crippen LogP contribution in [0.15, 0.2) is 12.1 Å². The van der Waals surface area contributed by atoms with Crippen LogP contribution in [-0.4, -0.2) is 10.7 Å². The molecule has 1 unspecified atom stereocenters. The molecular formula is C11H12F2O2. The fourth-order valence-corrected chi connectivity index (χ4v) is 1.83. The average Bonchev–Trinajstić information content (AvgIpc) is 2.06. The van der Waals surface area contributed by atoms with Crippen molar-refractivity contribution in [2.45, 2.75) is 32.0 Å². The maximum atomic E-state index is 13.4. The number of ether oxygens (including phenoxy) is 1. The van der Waals surface area contributed by atoms with Gasteiger partial charge in [0.1, 0.15) is 11.4 Å². The average molecular weight is 214 g/mol. The molecule has 15 heavy (non-hydrogen) atoms. The van der Waals surface area contributed by atoms with E-state index in [1.807, 2.05) is 0 Å². The van der Waals surface area contributed by atoms with Crippen molar-refractivity contribution in [1.29, 1.82) is 0 Å². The van der Waals surface area contributed by atoms with Gasteiger partial charge in [-0.25, -0.2) is 8.78 Å². The molecule has 2 rings (SSSR count). The summed E-state index contributed by atoms with van der Waals surface area (Å²) in [6.07, 6.45) is -0.558. The highest BCUT2D eigenvalue weighted by atomic mass is 19.1. The fourth-order valence-electron chi connectivity index (χ4n) is 1.83. The molecule has 82 valence electrons. The molecule has 0 aromatic heterocycles. The fraction of sp³-hybridized carbons (Fsp3) is 0.455. The van der Waals surface area contributed by atoms with Gasteiger partial charge in [0.25, 0.3) is 0 Å². The first-order valence-corrected chi connectivity index (χ1v) is 4.75. The lowest BCUT2D eigenvalue weighted by atomic mass is 9.91. The van der Waals surface area contributed by atoms with Crippen molar-refractivity contribution in [3.63, 3.8) is 0 Å². The predicted molar refractivity (Wildman–Crippen MR) is 50.6 cm³/mol. The van der Waals surface area contributed by atoms with Crippen molar-refractivity contribution in [2.75, 3.05) is 0 Å². The maximum absolute atomic E-state index is 13.4. The maximum Gasteiger partial charge on any atom is 0.168 e. The van der Waals surface area contributed by atoms with Crippen LogP contribution in [0.4, 0.5) is 8.78 Å². The Morgan fingerprint density at radius 1 is 1.40 bits per heavy atom. The van der Waals surface area contributed by atoms with E-state index in [0.29, 0.717) is 6.42 Å². The number of fused-ring (bicyclic) bond motifs is 1. The van der Waals surface area contributed by atoms with E-state index >= 15 is 0 Å². The van der Waals surface area contributed by atoms with Crippen molar-refractivity contribution in [3.05, 3.63) is 29.3 Å². The topological polar surface area (TPSA) is 29.5 Å². The Balaban J connectivity index is 2.55. The summed E-state index contributed by atoms with van der Waals surface area (Å²) in [5, 5.41) is 9.73. The van der Waals surface area contributed by atoms with Crippen LogP contribution >= 0.6 is 0 Å². The smallest absolute Gasteiger partial charge is 0.168 e. The standard InChI is InChI=1S/C11H12F2O2/c1-11(2)5-9(14)7-3-6(12)4-8(13)10(7)15-11/h3-4,9,14H,5H2,1-2H3. The van der Waals surface area contributed by atoms with Crippen molar-refractivity contribution < 1.29 is 18.6 Å². The molecule has 0 spiro atoms. The van der Waals surface area contributed by atoms with Gasteiger partial charge in [0.15, 0.2) is 11.6 Å². The molecule has 1 aromatic carbocycles. The summed E-state index contributed by atoms with van der Waals surface area (Å²) in [6, 6.07) is 1.87. The summed E-state index contributed by atoms with van der Waals surface area (Å²) in [6.45, 7) is 3.50. The van der Waals surface area contributed by atoms with Crippen molar-refractivity contribution in [2.24, 2.45) is 0 Å². The highest BCUT2D eigenvalue weighted by Crippen LogP contribution is 2.41. The van der Waals surface area contributed by atoms with E-state index in [-0.39, 0.29) is 11.3 Å². The summed E-state index contributed by atoms with van der Waals surface area (Å²) in [5.74, 6) is -1.51. The van der Waals surface area contributed by atoms with Crippen LogP contribution < -0.4 is 4.74 Å². The molecule has 1 heterocycles. The molecule has 1 N–H and O–H groups in total. The molecule has 0 amide bonds. The zero-order valence-electron chi connectivity index (χ0n) is 8.55. The quantitative estimate of drug-likeness (QED) is 0.719. The van der Waals surface area contributed by atoms with Gasteiger partial charge in [-0.15, -0.1) is 0 Å². The van der Waals surface area contributed by atoms with Gasteiger partial charge in [-0.2, -0.15) is 0 Å². The van der Waals surface area contributed by atoms with E-state index in [9.17, 15) is 13.9 Å². The van der Waals surface area contributed by atoms with Gasteiger partial charge in [0.2, 0.25) is 0 Å². The molecule has 0 aliphatic carbocycles. The Kier molecular flexibility index (Phi) is 2.19. The predicted octanol–water partition coefficient (Wildman–Crippen LogP) is 2.56. The Morgan fingerprint density at radius 3 is 2.73 bits per heavy atom. The van der Waals surface area contributed by atoms with Gasteiger partial charge in [-0.05, 0) is 19.9 Å². The van der Waals surface area contributed by atoms with Crippen molar-refractivity contribution in [1.82, 2.24) is 0 Å². The number of benzene rings is 1. The van der Waals surface area contributed by atoms with Gasteiger partial charge < -0.3 is 9.84 Å². The summed E-state index contributed by atoms with van der Waals surface area (Å²) < 4.78 is 31.7. The second-order valence-corrected chi connectivity index (χ2v) is 4.39. The third-order valence-electron chi connectivity index (χ3n) is 2.46. The van der Waals surface area contributed by atoms with Gasteiger partial charge in [0, 0.05) is 18.1 Å². The van der Waals surface area contributed by atoms with Gasteiger partial charge in [-0.1, -0.05) is 0 Å². The zero-order valence-corrected chi connectivity index (χ0v) is 8.55. The van der Waals surface area contributed by atoms with E-state index in [4.69, 9.17) is 4.74 Å². The molecule has 4 heteroatoms. The molecule has 0 saturated heterocycles. The lowest BCUT2D eigenvalue weighted by molar-refractivity contribution is 0.00765. The van der Waals surface area contributed by atoms with E-state index in [1.54, 1.807) is 13.8 Å². The lowest BCUT2D eigenvalue weighted by Crippen LogP contribution is -2.35. The van der Waals surface area contributed by atoms with E-state index in [1.165, 1.54) is 0 Å². The van der Waals surface area contributed by atoms with Crippen LogP contribution in [0.5, 0.6) is 5.75 Å². The van der Waals surface area contributed by atoms with Crippen LogP contribution in [0, 0.1) is 11.6 Å². The second kappa shape index (κ2) is 3.17. The van der Waals surface area contributed by atoms with E-state index in [0.717, 1.165) is 12.1 Å². The summed E-state index contributed by atoms with van der Waals surface area (Å²) >= 11 is 0. The molecule has 0 saturated carbocycles. The Bertz CT molecular complexity index is 402. The van der Waals surface area contributed by atoms with Gasteiger partial charge in [-0.3, -0.25) is 0 Å². The zero-order chi connectivity index (χ0) is 11.2. The first kappa shape index (κ1) is 10.4. The first-order valence-electron chi connectivity index (χ1n) is 4.75. The Hall–Kier alpha value is -1.16. The van der Waals surface area contributed by atoms with Crippen molar-refractivity contribution >= 4 is 0 Å². The molecule has 1 aromatic rings. The van der Waals surface area contributed by atoms with Crippen LogP contribution in [0.2, 0.25) is 0 Å². The number of rotatable bonds is 0. The number of aliphatic hydroxyl groups excluding tert-OH is 1. The molecule has 0 radical (unpaired) electrons. The van der Waals surface area contributed by atoms with Crippen LogP contribution in [-0.2, 0) is 0 Å². The minimum absolute atomic E-state index is 0.0415. The van der Waals surface area contributed by atoms with E-state index < -0.39 is 23.3 Å². The second-order valence-electron chi connectivity index (χ2n) is 4.39. The number of hydrogen-bond donors (Lipinski definition) is 1. The molecule has 1 aliphatic heterocycles. The van der Waals surface area contributed by atoms with Gasteiger partial charge >= 0.3 is 0 Å². The van der Waals surface area contributed by atoms with E-state index in [2.05, 4.69) is 0 Å². The first-order chi connectivity index (χ1) is 6.89. The number of hydrogen-bond acceptors (Lipinski definition) is 2. The molecular weight excluding hydrogens is 202 g/mol. The Morgan fingerprint density at radius 2 is 2.07 bits per heavy atom. The normalized spacial score (nSPS) is 23.1. The number of aliphatic hydroxyl groups is 1. The van der Waals surface area contributed by atoms with Crippen LogP contribution in [0.1, 0.15) is 31.9 Å². The molecule has 2 nitrogen and oxygen atoms in total. The SMILES string of the molecule is CC1(C)CC(O)c2cc(F)cc(F)c2O1. The minimum atomic E-state index is -0.881. The van der Waals surface area contributed by atoms with Gasteiger partial charge in [0.05, 0.1) is 6.10 Å². The summed E-state index contributed by atoms with van der Waals surface area (Å²) in [4.78, 5) is 0. The molecule has 0 fully saturated rings. The van der Waals surface area contributed by atoms with Crippen LogP contribution in [0.25, 0.3) is 0 Å². The third kappa shape index (κ3) is 1.81. The lowest BCUT2D eigenvalue weighted by Gasteiger charge is -2.35. The molecule has 0 bridgehead atoms. The molecule has 1 atom stereocenters. The van der Waals surface area contributed by atoms with Crippen LogP contribution in [0.3, 0.4) is 0 Å². The number of halogens is 2. The van der Waals surface area contributed by atoms with Crippen molar-refractivity contribution in [3.8, 4) is 5.75 Å². The monoisotopic (exact) mass is 214 g/mol. The highest BCUT2D eigenvalue weighted by molar-refractivity contribution is 5.39. The largest absolute Gasteiger partial charge is 0.484 e. The molecule has 1 aliphatic rings. The highest BCUT2D eigenvalue weighted by Gasteiger charge is 2.34.